The molecule has 0 aromatic carbocycles. The first-order chi connectivity index (χ1) is 5.20. The molecule has 0 N–H and O–H groups in total. The van der Waals surface area contributed by atoms with Crippen molar-refractivity contribution >= 4 is 5.97 Å². The van der Waals surface area contributed by atoms with Crippen LogP contribution in [-0.4, -0.2) is 13.1 Å². The standard InChI is InChI=1S/C8H9NO2/c1-3-8(5-9)4-6(8)7(10)11-2/h3,6H,1,4H2,2H3/t6-,8-/m0/s1. The molecule has 2 atom stereocenters. The minimum atomic E-state index is -0.632. The second kappa shape index (κ2) is 2.39. The van der Waals surface area contributed by atoms with Gasteiger partial charge in [-0.15, -0.1) is 6.58 Å². The highest BCUT2D eigenvalue weighted by molar-refractivity contribution is 5.78. The lowest BCUT2D eigenvalue weighted by Crippen LogP contribution is -2.08. The van der Waals surface area contributed by atoms with E-state index in [1.165, 1.54) is 13.2 Å². The van der Waals surface area contributed by atoms with Gasteiger partial charge >= 0.3 is 5.97 Å². The number of hydrogen-bond donors (Lipinski definition) is 0. The van der Waals surface area contributed by atoms with Crippen LogP contribution in [0.2, 0.25) is 0 Å². The number of nitrogens with zero attached hydrogens (tertiary/aromatic N) is 1. The van der Waals surface area contributed by atoms with Crippen LogP contribution in [0.15, 0.2) is 12.7 Å². The zero-order valence-electron chi connectivity index (χ0n) is 6.33. The maximum absolute atomic E-state index is 10.9. The van der Waals surface area contributed by atoms with Crippen LogP contribution in [0.25, 0.3) is 0 Å². The second-order valence-corrected chi connectivity index (χ2v) is 2.64. The molecule has 1 aliphatic rings. The number of allylic oxidation sites excluding steroid dienone is 1. The van der Waals surface area contributed by atoms with Crippen LogP contribution in [-0.2, 0) is 9.53 Å². The molecule has 1 saturated carbocycles. The molecular formula is C8H9NO2. The highest BCUT2D eigenvalue weighted by atomic mass is 16.5. The van der Waals surface area contributed by atoms with Crippen molar-refractivity contribution in [3.05, 3.63) is 12.7 Å². The van der Waals surface area contributed by atoms with E-state index >= 15 is 0 Å². The molecule has 3 heteroatoms. The molecule has 1 fully saturated rings. The predicted octanol–water partition coefficient (Wildman–Crippen LogP) is 0.875. The number of carbonyl (C=O) groups excluding carboxylic acids is 1. The molecule has 0 saturated heterocycles. The van der Waals surface area contributed by atoms with Gasteiger partial charge in [0, 0.05) is 0 Å². The van der Waals surface area contributed by atoms with Crippen molar-refractivity contribution < 1.29 is 9.53 Å². The fourth-order valence-corrected chi connectivity index (χ4v) is 1.11. The number of methoxy groups -OCH3 is 1. The molecular weight excluding hydrogens is 142 g/mol. The molecule has 0 aliphatic heterocycles. The smallest absolute Gasteiger partial charge is 0.310 e. The van der Waals surface area contributed by atoms with Crippen LogP contribution < -0.4 is 0 Å². The van der Waals surface area contributed by atoms with Gasteiger partial charge in [0.25, 0.3) is 0 Å². The van der Waals surface area contributed by atoms with Crippen LogP contribution in [0.3, 0.4) is 0 Å². The molecule has 0 unspecified atom stereocenters. The Bertz CT molecular complexity index is 241. The third kappa shape index (κ3) is 1.01. The van der Waals surface area contributed by atoms with Crippen molar-refractivity contribution in [2.75, 3.05) is 7.11 Å². The quantitative estimate of drug-likeness (QED) is 0.434. The van der Waals surface area contributed by atoms with Gasteiger partial charge in [-0.25, -0.2) is 0 Å². The van der Waals surface area contributed by atoms with Gasteiger partial charge in [0.2, 0.25) is 0 Å². The number of hydrogen-bond acceptors (Lipinski definition) is 3. The highest BCUT2D eigenvalue weighted by Gasteiger charge is 2.57. The molecule has 0 amide bonds. The fourth-order valence-electron chi connectivity index (χ4n) is 1.11. The van der Waals surface area contributed by atoms with E-state index in [0.29, 0.717) is 6.42 Å². The lowest BCUT2D eigenvalue weighted by atomic mass is 10.1. The van der Waals surface area contributed by atoms with Crippen molar-refractivity contribution in [3.63, 3.8) is 0 Å². The number of nitriles is 1. The fraction of sp³-hybridized carbons (Fsp3) is 0.500. The number of esters is 1. The van der Waals surface area contributed by atoms with Crippen molar-refractivity contribution in [1.29, 1.82) is 5.26 Å². The van der Waals surface area contributed by atoms with E-state index in [1.807, 2.05) is 6.07 Å². The first-order valence-electron chi connectivity index (χ1n) is 3.33. The normalized spacial score (nSPS) is 33.6. The Hall–Kier alpha value is -1.30. The predicted molar refractivity (Wildman–Crippen MR) is 38.4 cm³/mol. The van der Waals surface area contributed by atoms with E-state index in [9.17, 15) is 4.79 Å². The summed E-state index contributed by atoms with van der Waals surface area (Å²) >= 11 is 0. The summed E-state index contributed by atoms with van der Waals surface area (Å²) in [5.41, 5.74) is -0.632. The van der Waals surface area contributed by atoms with Gasteiger partial charge in [0.05, 0.1) is 24.5 Å². The Morgan fingerprint density at radius 1 is 2.00 bits per heavy atom. The van der Waals surface area contributed by atoms with Crippen molar-refractivity contribution in [2.24, 2.45) is 11.3 Å². The zero-order chi connectivity index (χ0) is 8.48. The minimum absolute atomic E-state index is 0.282. The van der Waals surface area contributed by atoms with E-state index in [0.717, 1.165) is 0 Å². The Balaban J connectivity index is 2.66. The first-order valence-corrected chi connectivity index (χ1v) is 3.33. The van der Waals surface area contributed by atoms with Gasteiger partial charge in [0.1, 0.15) is 0 Å². The van der Waals surface area contributed by atoms with Gasteiger partial charge in [-0.05, 0) is 6.42 Å². The van der Waals surface area contributed by atoms with Crippen molar-refractivity contribution in [2.45, 2.75) is 6.42 Å². The monoisotopic (exact) mass is 151 g/mol. The summed E-state index contributed by atoms with van der Waals surface area (Å²) in [6, 6.07) is 2.05. The SMILES string of the molecule is C=C[C@@]1(C#N)C[C@H]1C(=O)OC. The Kier molecular flexibility index (Phi) is 1.69. The maximum atomic E-state index is 10.9. The topological polar surface area (TPSA) is 50.1 Å². The van der Waals surface area contributed by atoms with Gasteiger partial charge in [-0.2, -0.15) is 5.26 Å². The Labute approximate surface area is 65.3 Å². The van der Waals surface area contributed by atoms with Crippen LogP contribution >= 0.6 is 0 Å². The van der Waals surface area contributed by atoms with E-state index in [2.05, 4.69) is 11.3 Å². The lowest BCUT2D eigenvalue weighted by molar-refractivity contribution is -0.142. The van der Waals surface area contributed by atoms with E-state index in [4.69, 9.17) is 5.26 Å². The molecule has 3 nitrogen and oxygen atoms in total. The molecule has 0 radical (unpaired) electrons. The summed E-state index contributed by atoms with van der Waals surface area (Å²) in [7, 11) is 1.33. The molecule has 1 rings (SSSR count). The molecule has 1 aliphatic carbocycles. The molecule has 11 heavy (non-hydrogen) atoms. The Morgan fingerprint density at radius 2 is 2.64 bits per heavy atom. The van der Waals surface area contributed by atoms with Gasteiger partial charge in [0.15, 0.2) is 0 Å². The summed E-state index contributed by atoms with van der Waals surface area (Å²) < 4.78 is 4.50. The summed E-state index contributed by atoms with van der Waals surface area (Å²) in [6.45, 7) is 3.50. The average Bonchev–Trinajstić information content (AvgIpc) is 2.78. The highest BCUT2D eigenvalue weighted by Crippen LogP contribution is 2.53. The summed E-state index contributed by atoms with van der Waals surface area (Å²) in [4.78, 5) is 10.9. The van der Waals surface area contributed by atoms with Gasteiger partial charge < -0.3 is 4.74 Å². The van der Waals surface area contributed by atoms with E-state index < -0.39 is 5.41 Å². The van der Waals surface area contributed by atoms with E-state index in [1.54, 1.807) is 0 Å². The summed E-state index contributed by atoms with van der Waals surface area (Å²) in [5, 5.41) is 8.64. The second-order valence-electron chi connectivity index (χ2n) is 2.64. The minimum Gasteiger partial charge on any atom is -0.469 e. The van der Waals surface area contributed by atoms with Crippen LogP contribution in [0.1, 0.15) is 6.42 Å². The summed E-state index contributed by atoms with van der Waals surface area (Å²) in [5.74, 6) is -0.596. The average molecular weight is 151 g/mol. The van der Waals surface area contributed by atoms with Crippen molar-refractivity contribution in [1.82, 2.24) is 0 Å². The molecule has 0 aromatic rings. The molecule has 58 valence electrons. The van der Waals surface area contributed by atoms with Crippen LogP contribution in [0.4, 0.5) is 0 Å². The lowest BCUT2D eigenvalue weighted by Gasteiger charge is -1.98. The van der Waals surface area contributed by atoms with Crippen LogP contribution in [0.5, 0.6) is 0 Å². The number of carbonyl (C=O) groups is 1. The third-order valence-electron chi connectivity index (χ3n) is 2.06. The zero-order valence-corrected chi connectivity index (χ0v) is 6.33. The maximum Gasteiger partial charge on any atom is 0.310 e. The van der Waals surface area contributed by atoms with Crippen molar-refractivity contribution in [3.8, 4) is 6.07 Å². The van der Waals surface area contributed by atoms with Gasteiger partial charge in [-0.3, -0.25) is 4.79 Å². The van der Waals surface area contributed by atoms with Gasteiger partial charge in [-0.1, -0.05) is 6.08 Å². The van der Waals surface area contributed by atoms with Crippen LogP contribution in [0, 0.1) is 22.7 Å². The molecule has 0 aromatic heterocycles. The molecule has 0 heterocycles. The molecule has 0 bridgehead atoms. The van der Waals surface area contributed by atoms with E-state index in [-0.39, 0.29) is 11.9 Å². The summed E-state index contributed by atoms with van der Waals surface area (Å²) in [6.07, 6.45) is 2.08. The Morgan fingerprint density at radius 3 is 2.91 bits per heavy atom. The first kappa shape index (κ1) is 7.80. The third-order valence-corrected chi connectivity index (χ3v) is 2.06. The molecule has 0 spiro atoms. The number of rotatable bonds is 2. The number of ether oxygens (including phenoxy) is 1. The largest absolute Gasteiger partial charge is 0.469 e.